The zero-order valence-corrected chi connectivity index (χ0v) is 13.1. The minimum Gasteiger partial charge on any atom is -0.496 e. The summed E-state index contributed by atoms with van der Waals surface area (Å²) in [5.41, 5.74) is 1.46. The quantitative estimate of drug-likeness (QED) is 0.752. The van der Waals surface area contributed by atoms with Crippen LogP contribution >= 0.6 is 11.8 Å². The molecule has 3 nitrogen and oxygen atoms in total. The van der Waals surface area contributed by atoms with Gasteiger partial charge >= 0.3 is 6.61 Å². The fraction of sp³-hybridized carbons (Fsp3) is 0.250. The van der Waals surface area contributed by atoms with Crippen molar-refractivity contribution in [2.45, 2.75) is 17.3 Å². The summed E-state index contributed by atoms with van der Waals surface area (Å²) >= 11 is 1.51. The van der Waals surface area contributed by atoms with E-state index in [1.165, 1.54) is 11.8 Å². The van der Waals surface area contributed by atoms with Crippen LogP contribution < -0.4 is 14.8 Å². The standard InChI is InChI=1S/C16H17F2NO2S/c1-19-12-6-5-8-13(21-16(17)18)11(12)10-22-15-9-4-3-7-14(15)20-2/h3-9,16,19H,10H2,1-2H3. The minimum absolute atomic E-state index is 0.184. The van der Waals surface area contributed by atoms with Crippen molar-refractivity contribution in [3.05, 3.63) is 48.0 Å². The maximum Gasteiger partial charge on any atom is 0.387 e. The molecule has 118 valence electrons. The van der Waals surface area contributed by atoms with Gasteiger partial charge < -0.3 is 14.8 Å². The first-order chi connectivity index (χ1) is 10.7. The van der Waals surface area contributed by atoms with Crippen molar-refractivity contribution in [1.82, 2.24) is 0 Å². The summed E-state index contributed by atoms with van der Waals surface area (Å²) < 4.78 is 35.0. The average molecular weight is 325 g/mol. The van der Waals surface area contributed by atoms with Crippen LogP contribution in [-0.2, 0) is 5.75 Å². The maximum absolute atomic E-state index is 12.5. The zero-order valence-electron chi connectivity index (χ0n) is 12.3. The molecule has 0 saturated carbocycles. The lowest BCUT2D eigenvalue weighted by Gasteiger charge is -2.15. The number of thioether (sulfide) groups is 1. The largest absolute Gasteiger partial charge is 0.496 e. The molecule has 2 rings (SSSR count). The van der Waals surface area contributed by atoms with Crippen LogP contribution in [0.2, 0.25) is 0 Å². The van der Waals surface area contributed by atoms with Crippen LogP contribution in [0, 0.1) is 0 Å². The van der Waals surface area contributed by atoms with E-state index in [1.54, 1.807) is 26.3 Å². The Kier molecular flexibility index (Phi) is 5.89. The molecule has 0 fully saturated rings. The molecule has 1 N–H and O–H groups in total. The van der Waals surface area contributed by atoms with Crippen LogP contribution in [0.4, 0.5) is 14.5 Å². The monoisotopic (exact) mass is 325 g/mol. The smallest absolute Gasteiger partial charge is 0.387 e. The molecule has 0 aromatic heterocycles. The van der Waals surface area contributed by atoms with Gasteiger partial charge in [-0.1, -0.05) is 18.2 Å². The molecule has 0 saturated heterocycles. The summed E-state index contributed by atoms with van der Waals surface area (Å²) in [7, 11) is 3.35. The highest BCUT2D eigenvalue weighted by molar-refractivity contribution is 7.98. The Labute approximate surface area is 132 Å². The Hall–Kier alpha value is -1.95. The highest BCUT2D eigenvalue weighted by Crippen LogP contribution is 2.37. The third-order valence-electron chi connectivity index (χ3n) is 3.06. The van der Waals surface area contributed by atoms with Crippen molar-refractivity contribution < 1.29 is 18.3 Å². The van der Waals surface area contributed by atoms with Gasteiger partial charge in [0, 0.05) is 28.9 Å². The zero-order chi connectivity index (χ0) is 15.9. The molecule has 2 aromatic carbocycles. The Bertz CT molecular complexity index is 623. The van der Waals surface area contributed by atoms with Crippen LogP contribution in [0.25, 0.3) is 0 Å². The second-order valence-electron chi connectivity index (χ2n) is 4.35. The highest BCUT2D eigenvalue weighted by atomic mass is 32.2. The van der Waals surface area contributed by atoms with Gasteiger partial charge in [0.05, 0.1) is 7.11 Å². The van der Waals surface area contributed by atoms with Crippen molar-refractivity contribution in [3.63, 3.8) is 0 Å². The second kappa shape index (κ2) is 7.89. The molecule has 22 heavy (non-hydrogen) atoms. The van der Waals surface area contributed by atoms with E-state index < -0.39 is 6.61 Å². The summed E-state index contributed by atoms with van der Waals surface area (Å²) in [5, 5.41) is 3.00. The van der Waals surface area contributed by atoms with Gasteiger partial charge in [-0.15, -0.1) is 11.8 Å². The van der Waals surface area contributed by atoms with Gasteiger partial charge in [0.25, 0.3) is 0 Å². The summed E-state index contributed by atoms with van der Waals surface area (Å²) in [5.74, 6) is 1.43. The van der Waals surface area contributed by atoms with Gasteiger partial charge in [-0.3, -0.25) is 0 Å². The van der Waals surface area contributed by atoms with Crippen molar-refractivity contribution in [1.29, 1.82) is 0 Å². The number of halogens is 2. The van der Waals surface area contributed by atoms with Gasteiger partial charge in [0.1, 0.15) is 11.5 Å². The molecule has 0 aliphatic rings. The third kappa shape index (κ3) is 4.04. The number of hydrogen-bond acceptors (Lipinski definition) is 4. The first kappa shape index (κ1) is 16.4. The first-order valence-corrected chi connectivity index (χ1v) is 7.64. The molecule has 0 heterocycles. The molecule has 0 unspecified atom stereocenters. The van der Waals surface area contributed by atoms with E-state index in [1.807, 2.05) is 30.3 Å². The lowest BCUT2D eigenvalue weighted by molar-refractivity contribution is -0.0502. The lowest BCUT2D eigenvalue weighted by atomic mass is 10.2. The van der Waals surface area contributed by atoms with Gasteiger partial charge in [-0.2, -0.15) is 8.78 Å². The lowest BCUT2D eigenvalue weighted by Crippen LogP contribution is -2.06. The number of nitrogens with one attached hydrogen (secondary N) is 1. The topological polar surface area (TPSA) is 30.5 Å². The van der Waals surface area contributed by atoms with Gasteiger partial charge in [0.2, 0.25) is 0 Å². The molecule has 0 spiro atoms. The molecule has 0 aliphatic heterocycles. The van der Waals surface area contributed by atoms with Crippen molar-refractivity contribution in [2.75, 3.05) is 19.5 Å². The number of ether oxygens (including phenoxy) is 2. The molecule has 0 radical (unpaired) electrons. The predicted octanol–water partition coefficient (Wildman–Crippen LogP) is 4.63. The molecule has 0 atom stereocenters. The van der Waals surface area contributed by atoms with Crippen LogP contribution in [0.15, 0.2) is 47.4 Å². The number of alkyl halides is 2. The highest BCUT2D eigenvalue weighted by Gasteiger charge is 2.14. The van der Waals surface area contributed by atoms with Crippen LogP contribution in [0.5, 0.6) is 11.5 Å². The Morgan fingerprint density at radius 1 is 1.09 bits per heavy atom. The average Bonchev–Trinajstić information content (AvgIpc) is 2.53. The number of benzene rings is 2. The van der Waals surface area contributed by atoms with E-state index in [0.29, 0.717) is 11.3 Å². The van der Waals surface area contributed by atoms with E-state index in [0.717, 1.165) is 16.3 Å². The molecule has 0 bridgehead atoms. The normalized spacial score (nSPS) is 10.6. The van der Waals surface area contributed by atoms with Gasteiger partial charge in [0.15, 0.2) is 0 Å². The van der Waals surface area contributed by atoms with Gasteiger partial charge in [-0.05, 0) is 24.3 Å². The van der Waals surface area contributed by atoms with Crippen LogP contribution in [0.1, 0.15) is 5.56 Å². The molecule has 0 amide bonds. The maximum atomic E-state index is 12.5. The fourth-order valence-corrected chi connectivity index (χ4v) is 3.11. The molecular formula is C16H17F2NO2S. The Morgan fingerprint density at radius 2 is 1.82 bits per heavy atom. The van der Waals surface area contributed by atoms with E-state index in [-0.39, 0.29) is 5.75 Å². The van der Waals surface area contributed by atoms with E-state index >= 15 is 0 Å². The first-order valence-electron chi connectivity index (χ1n) is 6.66. The van der Waals surface area contributed by atoms with E-state index in [4.69, 9.17) is 4.74 Å². The van der Waals surface area contributed by atoms with Crippen LogP contribution in [-0.4, -0.2) is 20.8 Å². The molecule has 0 aliphatic carbocycles. The number of anilines is 1. The minimum atomic E-state index is -2.85. The SMILES string of the molecule is CNc1cccc(OC(F)F)c1CSc1ccccc1OC. The Balaban J connectivity index is 2.24. The summed E-state index contributed by atoms with van der Waals surface area (Å²) in [6.07, 6.45) is 0. The summed E-state index contributed by atoms with van der Waals surface area (Å²) in [6.45, 7) is -2.85. The molecule has 6 heteroatoms. The second-order valence-corrected chi connectivity index (χ2v) is 5.37. The number of rotatable bonds is 7. The summed E-state index contributed by atoms with van der Waals surface area (Å²) in [6, 6.07) is 12.6. The summed E-state index contributed by atoms with van der Waals surface area (Å²) in [4.78, 5) is 0.943. The molecule has 2 aromatic rings. The number of hydrogen-bond donors (Lipinski definition) is 1. The van der Waals surface area contributed by atoms with E-state index in [9.17, 15) is 8.78 Å². The van der Waals surface area contributed by atoms with Crippen molar-refractivity contribution in [3.8, 4) is 11.5 Å². The van der Waals surface area contributed by atoms with Crippen molar-refractivity contribution in [2.24, 2.45) is 0 Å². The van der Waals surface area contributed by atoms with Crippen molar-refractivity contribution >= 4 is 17.4 Å². The number of para-hydroxylation sites is 1. The molecular weight excluding hydrogens is 308 g/mol. The third-order valence-corrected chi connectivity index (χ3v) is 4.14. The van der Waals surface area contributed by atoms with E-state index in [2.05, 4.69) is 10.1 Å². The van der Waals surface area contributed by atoms with Crippen LogP contribution in [0.3, 0.4) is 0 Å². The van der Waals surface area contributed by atoms with Gasteiger partial charge in [-0.25, -0.2) is 0 Å². The predicted molar refractivity (Wildman–Crippen MR) is 85.2 cm³/mol. The number of methoxy groups -OCH3 is 1. The Morgan fingerprint density at radius 3 is 2.50 bits per heavy atom. The fourth-order valence-electron chi connectivity index (χ4n) is 2.04.